The van der Waals surface area contributed by atoms with Crippen LogP contribution in [0.2, 0.25) is 0 Å². The number of aryl methyl sites for hydroxylation is 1. The number of sulfonamides is 1. The van der Waals surface area contributed by atoms with Gasteiger partial charge in [-0.1, -0.05) is 29.8 Å². The summed E-state index contributed by atoms with van der Waals surface area (Å²) in [6.45, 7) is 5.46. The van der Waals surface area contributed by atoms with Crippen LogP contribution in [-0.4, -0.2) is 27.5 Å². The number of ether oxygens (including phenoxy) is 1. The Bertz CT molecular complexity index is 875. The molecule has 2 aromatic carbocycles. The summed E-state index contributed by atoms with van der Waals surface area (Å²) >= 11 is 0. The molecule has 7 heteroatoms. The zero-order valence-electron chi connectivity index (χ0n) is 15.4. The fourth-order valence-electron chi connectivity index (χ4n) is 2.42. The number of nitrogens with one attached hydrogen (secondary N) is 2. The van der Waals surface area contributed by atoms with Crippen molar-refractivity contribution in [2.75, 3.05) is 12.4 Å². The summed E-state index contributed by atoms with van der Waals surface area (Å²) in [4.78, 5) is 12.4. The van der Waals surface area contributed by atoms with Gasteiger partial charge >= 0.3 is 0 Å². The lowest BCUT2D eigenvalue weighted by Crippen LogP contribution is -2.30. The summed E-state index contributed by atoms with van der Waals surface area (Å²) in [6.07, 6.45) is 0.185. The first-order valence-corrected chi connectivity index (χ1v) is 9.75. The third kappa shape index (κ3) is 5.31. The number of methoxy groups -OCH3 is 1. The van der Waals surface area contributed by atoms with Crippen LogP contribution in [0.3, 0.4) is 0 Å². The SMILES string of the molecule is COc1ccc(S(=O)(=O)NC(C)C)cc1NC(=O)Cc1ccc(C)cc1. The van der Waals surface area contributed by atoms with Crippen molar-refractivity contribution < 1.29 is 17.9 Å². The summed E-state index contributed by atoms with van der Waals surface area (Å²) in [5.74, 6) is 0.143. The highest BCUT2D eigenvalue weighted by Crippen LogP contribution is 2.27. The number of anilines is 1. The minimum atomic E-state index is -3.66. The quantitative estimate of drug-likeness (QED) is 0.778. The number of hydrogen-bond donors (Lipinski definition) is 2. The molecule has 0 fully saturated rings. The minimum absolute atomic E-state index is 0.0673. The zero-order chi connectivity index (χ0) is 19.3. The summed E-state index contributed by atoms with van der Waals surface area (Å²) in [6, 6.07) is 11.8. The summed E-state index contributed by atoms with van der Waals surface area (Å²) in [5.41, 5.74) is 2.31. The summed E-state index contributed by atoms with van der Waals surface area (Å²) in [5, 5.41) is 2.73. The molecule has 0 bridgehead atoms. The molecule has 0 aliphatic heterocycles. The van der Waals surface area contributed by atoms with Crippen LogP contribution in [-0.2, 0) is 21.2 Å². The first-order chi connectivity index (χ1) is 12.2. The number of amides is 1. The maximum Gasteiger partial charge on any atom is 0.240 e. The molecule has 0 saturated carbocycles. The van der Waals surface area contributed by atoms with Crippen molar-refractivity contribution in [1.82, 2.24) is 4.72 Å². The summed E-state index contributed by atoms with van der Waals surface area (Å²) in [7, 11) is -2.20. The van der Waals surface area contributed by atoms with E-state index in [9.17, 15) is 13.2 Å². The van der Waals surface area contributed by atoms with E-state index in [1.165, 1.54) is 25.3 Å². The third-order valence-corrected chi connectivity index (χ3v) is 5.29. The number of carbonyl (C=O) groups excluding carboxylic acids is 1. The Morgan fingerprint density at radius 3 is 2.35 bits per heavy atom. The van der Waals surface area contributed by atoms with Gasteiger partial charge in [-0.15, -0.1) is 0 Å². The normalized spacial score (nSPS) is 11.4. The van der Waals surface area contributed by atoms with E-state index in [2.05, 4.69) is 10.0 Å². The van der Waals surface area contributed by atoms with Gasteiger partial charge in [0.1, 0.15) is 5.75 Å². The molecule has 140 valence electrons. The van der Waals surface area contributed by atoms with E-state index < -0.39 is 10.0 Å². The molecule has 0 unspecified atom stereocenters. The molecule has 0 aliphatic carbocycles. The molecule has 0 atom stereocenters. The van der Waals surface area contributed by atoms with Gasteiger partial charge in [-0.2, -0.15) is 0 Å². The van der Waals surface area contributed by atoms with Crippen molar-refractivity contribution in [3.63, 3.8) is 0 Å². The molecular formula is C19H24N2O4S. The van der Waals surface area contributed by atoms with Crippen LogP contribution in [0.1, 0.15) is 25.0 Å². The van der Waals surface area contributed by atoms with Crippen LogP contribution < -0.4 is 14.8 Å². The molecule has 2 aromatic rings. The van der Waals surface area contributed by atoms with Crippen LogP contribution in [0.25, 0.3) is 0 Å². The first-order valence-electron chi connectivity index (χ1n) is 8.27. The van der Waals surface area contributed by atoms with Gasteiger partial charge in [-0.05, 0) is 44.5 Å². The van der Waals surface area contributed by atoms with Gasteiger partial charge in [0.15, 0.2) is 0 Å². The lowest BCUT2D eigenvalue weighted by atomic mass is 10.1. The highest BCUT2D eigenvalue weighted by molar-refractivity contribution is 7.89. The average molecular weight is 376 g/mol. The zero-order valence-corrected chi connectivity index (χ0v) is 16.2. The molecule has 0 heterocycles. The molecule has 6 nitrogen and oxygen atoms in total. The van der Waals surface area contributed by atoms with E-state index in [1.807, 2.05) is 31.2 Å². The third-order valence-electron chi connectivity index (χ3n) is 3.63. The fourth-order valence-corrected chi connectivity index (χ4v) is 3.69. The van der Waals surface area contributed by atoms with Crippen LogP contribution >= 0.6 is 0 Å². The van der Waals surface area contributed by atoms with E-state index in [-0.39, 0.29) is 23.3 Å². The molecular weight excluding hydrogens is 352 g/mol. The Hall–Kier alpha value is -2.38. The molecule has 0 saturated heterocycles. The van der Waals surface area contributed by atoms with Crippen LogP contribution in [0.15, 0.2) is 47.4 Å². The Morgan fingerprint density at radius 2 is 1.77 bits per heavy atom. The van der Waals surface area contributed by atoms with E-state index in [0.29, 0.717) is 11.4 Å². The number of carbonyl (C=O) groups is 1. The number of benzene rings is 2. The van der Waals surface area contributed by atoms with Crippen molar-refractivity contribution >= 4 is 21.6 Å². The second-order valence-corrected chi connectivity index (χ2v) is 8.06. The van der Waals surface area contributed by atoms with Gasteiger partial charge in [0.2, 0.25) is 15.9 Å². The monoisotopic (exact) mass is 376 g/mol. The predicted octanol–water partition coefficient (Wildman–Crippen LogP) is 2.87. The van der Waals surface area contributed by atoms with Gasteiger partial charge in [-0.3, -0.25) is 4.79 Å². The molecule has 0 aromatic heterocycles. The van der Waals surface area contributed by atoms with E-state index in [1.54, 1.807) is 13.8 Å². The molecule has 0 spiro atoms. The molecule has 1 amide bonds. The maximum atomic E-state index is 12.3. The fraction of sp³-hybridized carbons (Fsp3) is 0.316. The molecule has 2 rings (SSSR count). The van der Waals surface area contributed by atoms with Gasteiger partial charge < -0.3 is 10.1 Å². The molecule has 0 aliphatic rings. The van der Waals surface area contributed by atoms with Gasteiger partial charge in [0.25, 0.3) is 0 Å². The Balaban J connectivity index is 2.22. The largest absolute Gasteiger partial charge is 0.495 e. The van der Waals surface area contributed by atoms with Crippen LogP contribution in [0, 0.1) is 6.92 Å². The second-order valence-electron chi connectivity index (χ2n) is 6.35. The van der Waals surface area contributed by atoms with Gasteiger partial charge in [-0.25, -0.2) is 13.1 Å². The van der Waals surface area contributed by atoms with Crippen molar-refractivity contribution in [3.8, 4) is 5.75 Å². The smallest absolute Gasteiger partial charge is 0.240 e. The standard InChI is InChI=1S/C19H24N2O4S/c1-13(2)21-26(23,24)16-9-10-18(25-4)17(12-16)20-19(22)11-15-7-5-14(3)6-8-15/h5-10,12-13,21H,11H2,1-4H3,(H,20,22). The van der Waals surface area contributed by atoms with E-state index in [4.69, 9.17) is 4.74 Å². The lowest BCUT2D eigenvalue weighted by Gasteiger charge is -2.14. The highest BCUT2D eigenvalue weighted by Gasteiger charge is 2.18. The van der Waals surface area contributed by atoms with Crippen LogP contribution in [0.5, 0.6) is 5.75 Å². The minimum Gasteiger partial charge on any atom is -0.495 e. The Kier molecular flexibility index (Phi) is 6.39. The Labute approximate surface area is 154 Å². The average Bonchev–Trinajstić information content (AvgIpc) is 2.55. The summed E-state index contributed by atoms with van der Waals surface area (Å²) < 4.78 is 32.4. The number of rotatable bonds is 7. The molecule has 0 radical (unpaired) electrons. The van der Waals surface area contributed by atoms with Gasteiger partial charge in [0, 0.05) is 6.04 Å². The predicted molar refractivity (Wildman–Crippen MR) is 102 cm³/mol. The molecule has 2 N–H and O–H groups in total. The van der Waals surface area contributed by atoms with E-state index >= 15 is 0 Å². The number of hydrogen-bond acceptors (Lipinski definition) is 4. The van der Waals surface area contributed by atoms with Crippen molar-refractivity contribution in [3.05, 3.63) is 53.6 Å². The first kappa shape index (κ1) is 19.9. The van der Waals surface area contributed by atoms with Crippen molar-refractivity contribution in [1.29, 1.82) is 0 Å². The maximum absolute atomic E-state index is 12.3. The second kappa shape index (κ2) is 8.33. The van der Waals surface area contributed by atoms with Crippen molar-refractivity contribution in [2.45, 2.75) is 38.1 Å². The van der Waals surface area contributed by atoms with Gasteiger partial charge in [0.05, 0.1) is 24.1 Å². The molecule has 26 heavy (non-hydrogen) atoms. The lowest BCUT2D eigenvalue weighted by molar-refractivity contribution is -0.115. The van der Waals surface area contributed by atoms with Crippen LogP contribution in [0.4, 0.5) is 5.69 Å². The topological polar surface area (TPSA) is 84.5 Å². The van der Waals surface area contributed by atoms with Crippen molar-refractivity contribution in [2.24, 2.45) is 0 Å². The highest BCUT2D eigenvalue weighted by atomic mass is 32.2. The Morgan fingerprint density at radius 1 is 1.12 bits per heavy atom. The van der Waals surface area contributed by atoms with E-state index in [0.717, 1.165) is 11.1 Å².